The van der Waals surface area contributed by atoms with E-state index in [4.69, 9.17) is 5.14 Å². The van der Waals surface area contributed by atoms with Gasteiger partial charge < -0.3 is 10.2 Å². The Morgan fingerprint density at radius 2 is 2.31 bits per heavy atom. The summed E-state index contributed by atoms with van der Waals surface area (Å²) in [7, 11) is -1.37. The van der Waals surface area contributed by atoms with Crippen molar-refractivity contribution in [2.45, 2.75) is 12.5 Å². The molecule has 0 aliphatic carbocycles. The van der Waals surface area contributed by atoms with Crippen LogP contribution in [0.3, 0.4) is 0 Å². The lowest BCUT2D eigenvalue weighted by Gasteiger charge is -2.14. The maximum absolute atomic E-state index is 10.7. The lowest BCUT2D eigenvalue weighted by molar-refractivity contribution is 0.349. The first-order valence-electron chi connectivity index (χ1n) is 4.41. The van der Waals surface area contributed by atoms with Crippen LogP contribution in [0.1, 0.15) is 6.42 Å². The summed E-state index contributed by atoms with van der Waals surface area (Å²) in [6.45, 7) is 2.43. The summed E-state index contributed by atoms with van der Waals surface area (Å²) in [5, 5.41) is 8.08. The third-order valence-corrected chi connectivity index (χ3v) is 3.12. The van der Waals surface area contributed by atoms with Gasteiger partial charge in [0.15, 0.2) is 0 Å². The molecule has 1 saturated heterocycles. The zero-order valence-electron chi connectivity index (χ0n) is 7.86. The molecule has 1 unspecified atom stereocenters. The molecule has 0 radical (unpaired) electrons. The molecule has 0 aromatic rings. The summed E-state index contributed by atoms with van der Waals surface area (Å²) in [5.74, 6) is 0.0590. The van der Waals surface area contributed by atoms with Crippen molar-refractivity contribution >= 4 is 10.0 Å². The van der Waals surface area contributed by atoms with E-state index in [1.165, 1.54) is 0 Å². The van der Waals surface area contributed by atoms with E-state index in [0.29, 0.717) is 12.6 Å². The Hall–Kier alpha value is -0.170. The van der Waals surface area contributed by atoms with E-state index in [1.54, 1.807) is 0 Å². The summed E-state index contributed by atoms with van der Waals surface area (Å²) in [6.07, 6.45) is 1.08. The Morgan fingerprint density at radius 3 is 2.77 bits per heavy atom. The number of likely N-dealkylation sites (N-methyl/N-ethyl adjacent to an activating group) is 1. The predicted molar refractivity (Wildman–Crippen MR) is 51.9 cm³/mol. The van der Waals surface area contributed by atoms with Crippen LogP contribution >= 0.6 is 0 Å². The number of hydrogen-bond acceptors (Lipinski definition) is 4. The SMILES string of the molecule is CNC1CCN(CCS(N)(=O)=O)C1. The molecular weight excluding hydrogens is 190 g/mol. The van der Waals surface area contributed by atoms with Crippen molar-refractivity contribution in [3.63, 3.8) is 0 Å². The molecule has 1 fully saturated rings. The summed E-state index contributed by atoms with van der Waals surface area (Å²) in [5.41, 5.74) is 0. The third kappa shape index (κ3) is 4.04. The Kier molecular flexibility index (Phi) is 3.66. The van der Waals surface area contributed by atoms with Crippen LogP contribution in [0.4, 0.5) is 0 Å². The predicted octanol–water partition coefficient (Wildman–Crippen LogP) is -1.43. The molecule has 1 rings (SSSR count). The second-order valence-electron chi connectivity index (χ2n) is 3.44. The topological polar surface area (TPSA) is 75.4 Å². The quantitative estimate of drug-likeness (QED) is 0.592. The number of likely N-dealkylation sites (tertiary alicyclic amines) is 1. The molecule has 0 aromatic heterocycles. The van der Waals surface area contributed by atoms with E-state index in [0.717, 1.165) is 19.5 Å². The number of sulfonamides is 1. The Balaban J connectivity index is 2.25. The summed E-state index contributed by atoms with van der Waals surface area (Å²) in [6, 6.07) is 0.500. The van der Waals surface area contributed by atoms with E-state index in [9.17, 15) is 8.42 Å². The van der Waals surface area contributed by atoms with Gasteiger partial charge in [-0.25, -0.2) is 13.6 Å². The van der Waals surface area contributed by atoms with Crippen molar-refractivity contribution < 1.29 is 8.42 Å². The first kappa shape index (κ1) is 10.9. The number of nitrogens with zero attached hydrogens (tertiary/aromatic N) is 1. The van der Waals surface area contributed by atoms with Crippen LogP contribution in [0, 0.1) is 0 Å². The minimum Gasteiger partial charge on any atom is -0.316 e. The molecule has 1 aliphatic heterocycles. The Labute approximate surface area is 79.3 Å². The molecule has 1 aliphatic rings. The van der Waals surface area contributed by atoms with Gasteiger partial charge in [-0.05, 0) is 20.0 Å². The van der Waals surface area contributed by atoms with Crippen LogP contribution in [0.5, 0.6) is 0 Å². The van der Waals surface area contributed by atoms with Crippen molar-refractivity contribution in [1.82, 2.24) is 10.2 Å². The minimum absolute atomic E-state index is 0.0590. The van der Waals surface area contributed by atoms with Gasteiger partial charge in [0.1, 0.15) is 0 Å². The molecule has 1 heterocycles. The van der Waals surface area contributed by atoms with E-state index in [1.807, 2.05) is 7.05 Å². The van der Waals surface area contributed by atoms with E-state index < -0.39 is 10.0 Å². The lowest BCUT2D eigenvalue weighted by atomic mass is 10.3. The summed E-state index contributed by atoms with van der Waals surface area (Å²) < 4.78 is 21.3. The fraction of sp³-hybridized carbons (Fsp3) is 1.00. The fourth-order valence-corrected chi connectivity index (χ4v) is 2.04. The molecular formula is C7H17N3O2S. The van der Waals surface area contributed by atoms with Gasteiger partial charge in [-0.2, -0.15) is 0 Å². The van der Waals surface area contributed by atoms with Crippen LogP contribution in [0.25, 0.3) is 0 Å². The largest absolute Gasteiger partial charge is 0.316 e. The highest BCUT2D eigenvalue weighted by molar-refractivity contribution is 7.89. The molecule has 1 atom stereocenters. The second kappa shape index (κ2) is 4.36. The average molecular weight is 207 g/mol. The lowest BCUT2D eigenvalue weighted by Crippen LogP contribution is -2.33. The first-order valence-corrected chi connectivity index (χ1v) is 6.13. The number of nitrogens with two attached hydrogens (primary N) is 1. The maximum atomic E-state index is 10.7. The van der Waals surface area contributed by atoms with Crippen molar-refractivity contribution in [3.8, 4) is 0 Å². The van der Waals surface area contributed by atoms with Crippen LogP contribution in [-0.4, -0.2) is 51.8 Å². The van der Waals surface area contributed by atoms with E-state index in [2.05, 4.69) is 10.2 Å². The zero-order chi connectivity index (χ0) is 9.90. The molecule has 0 spiro atoms. The third-order valence-electron chi connectivity index (χ3n) is 2.37. The van der Waals surface area contributed by atoms with Gasteiger partial charge in [0.25, 0.3) is 0 Å². The van der Waals surface area contributed by atoms with Crippen LogP contribution in [-0.2, 0) is 10.0 Å². The standard InChI is InChI=1S/C7H17N3O2S/c1-9-7-2-3-10(6-7)4-5-13(8,11)12/h7,9H,2-6H2,1H3,(H2,8,11,12). The van der Waals surface area contributed by atoms with E-state index >= 15 is 0 Å². The van der Waals surface area contributed by atoms with Crippen molar-refractivity contribution in [2.24, 2.45) is 5.14 Å². The molecule has 0 aromatic carbocycles. The van der Waals surface area contributed by atoms with Crippen molar-refractivity contribution in [3.05, 3.63) is 0 Å². The van der Waals surface area contributed by atoms with Crippen molar-refractivity contribution in [2.75, 3.05) is 32.4 Å². The highest BCUT2D eigenvalue weighted by Gasteiger charge is 2.21. The van der Waals surface area contributed by atoms with Crippen LogP contribution in [0.2, 0.25) is 0 Å². The first-order chi connectivity index (χ1) is 6.01. The van der Waals surface area contributed by atoms with Crippen LogP contribution in [0.15, 0.2) is 0 Å². The van der Waals surface area contributed by atoms with Gasteiger partial charge in [-0.3, -0.25) is 0 Å². The smallest absolute Gasteiger partial charge is 0.210 e. The van der Waals surface area contributed by atoms with Crippen LogP contribution < -0.4 is 10.5 Å². The average Bonchev–Trinajstić information content (AvgIpc) is 2.47. The van der Waals surface area contributed by atoms with Gasteiger partial charge in [-0.15, -0.1) is 0 Å². The monoisotopic (exact) mass is 207 g/mol. The molecule has 0 bridgehead atoms. The number of rotatable bonds is 4. The van der Waals surface area contributed by atoms with Crippen molar-refractivity contribution in [1.29, 1.82) is 0 Å². The van der Waals surface area contributed by atoms with Gasteiger partial charge in [0.2, 0.25) is 10.0 Å². The normalized spacial score (nSPS) is 25.2. The number of primary sulfonamides is 1. The highest BCUT2D eigenvalue weighted by Crippen LogP contribution is 2.07. The maximum Gasteiger partial charge on any atom is 0.210 e. The fourth-order valence-electron chi connectivity index (χ4n) is 1.53. The molecule has 0 saturated carbocycles. The molecule has 5 nitrogen and oxygen atoms in total. The summed E-state index contributed by atoms with van der Waals surface area (Å²) in [4.78, 5) is 2.12. The second-order valence-corrected chi connectivity index (χ2v) is 5.18. The molecule has 3 N–H and O–H groups in total. The van der Waals surface area contributed by atoms with Gasteiger partial charge in [0.05, 0.1) is 5.75 Å². The Bertz CT molecular complexity index is 252. The number of hydrogen-bond donors (Lipinski definition) is 2. The zero-order valence-corrected chi connectivity index (χ0v) is 8.68. The Morgan fingerprint density at radius 1 is 1.62 bits per heavy atom. The summed E-state index contributed by atoms with van der Waals surface area (Å²) >= 11 is 0. The minimum atomic E-state index is -3.30. The van der Waals surface area contributed by atoms with Gasteiger partial charge in [0, 0.05) is 19.1 Å². The highest BCUT2D eigenvalue weighted by atomic mass is 32.2. The van der Waals surface area contributed by atoms with Gasteiger partial charge >= 0.3 is 0 Å². The molecule has 0 amide bonds. The molecule has 78 valence electrons. The molecule has 6 heteroatoms. The van der Waals surface area contributed by atoms with Gasteiger partial charge in [-0.1, -0.05) is 0 Å². The molecule has 13 heavy (non-hydrogen) atoms. The number of nitrogens with one attached hydrogen (secondary N) is 1. The van der Waals surface area contributed by atoms with E-state index in [-0.39, 0.29) is 5.75 Å².